The van der Waals surface area contributed by atoms with Gasteiger partial charge in [0.2, 0.25) is 0 Å². The van der Waals surface area contributed by atoms with Crippen molar-refractivity contribution >= 4 is 11.6 Å². The summed E-state index contributed by atoms with van der Waals surface area (Å²) < 4.78 is 10.4. The van der Waals surface area contributed by atoms with E-state index in [1.165, 1.54) is 13.4 Å². The number of methoxy groups -OCH3 is 2. The van der Waals surface area contributed by atoms with E-state index in [0.717, 1.165) is 11.3 Å². The highest BCUT2D eigenvalue weighted by Gasteiger charge is 2.15. The summed E-state index contributed by atoms with van der Waals surface area (Å²) in [4.78, 5) is 20.4. The molecule has 0 spiro atoms. The minimum atomic E-state index is -0.315. The quantitative estimate of drug-likeness (QED) is 0.934. The van der Waals surface area contributed by atoms with Gasteiger partial charge in [-0.2, -0.15) is 0 Å². The Kier molecular flexibility index (Phi) is 4.37. The van der Waals surface area contributed by atoms with E-state index < -0.39 is 0 Å². The average molecular weight is 287 g/mol. The topological polar surface area (TPSA) is 73.3 Å². The Morgan fingerprint density at radius 1 is 1.14 bits per heavy atom. The molecule has 1 heterocycles. The Morgan fingerprint density at radius 2 is 1.90 bits per heavy atom. The first-order chi connectivity index (χ1) is 10.1. The third kappa shape index (κ3) is 3.10. The fraction of sp³-hybridized carbons (Fsp3) is 0.267. The van der Waals surface area contributed by atoms with E-state index in [9.17, 15) is 4.79 Å². The maximum absolute atomic E-state index is 12.4. The summed E-state index contributed by atoms with van der Waals surface area (Å²) in [6.45, 7) is 3.65. The monoisotopic (exact) mass is 287 g/mol. The maximum Gasteiger partial charge on any atom is 0.274 e. The van der Waals surface area contributed by atoms with Crippen LogP contribution in [0, 0.1) is 13.8 Å². The Hall–Kier alpha value is -2.63. The summed E-state index contributed by atoms with van der Waals surface area (Å²) in [5, 5.41) is 2.79. The van der Waals surface area contributed by atoms with Gasteiger partial charge in [-0.05, 0) is 26.0 Å². The number of carbonyl (C=O) groups is 1. The van der Waals surface area contributed by atoms with Crippen LogP contribution < -0.4 is 14.8 Å². The van der Waals surface area contributed by atoms with Gasteiger partial charge < -0.3 is 14.8 Å². The Labute approximate surface area is 123 Å². The lowest BCUT2D eigenvalue weighted by molar-refractivity contribution is 0.102. The molecular formula is C15H17N3O3. The normalized spacial score (nSPS) is 10.1. The van der Waals surface area contributed by atoms with Crippen molar-refractivity contribution in [2.24, 2.45) is 0 Å². The number of anilines is 1. The number of hydrogen-bond acceptors (Lipinski definition) is 5. The van der Waals surface area contributed by atoms with Crippen molar-refractivity contribution in [2.45, 2.75) is 13.8 Å². The van der Waals surface area contributed by atoms with Gasteiger partial charge >= 0.3 is 0 Å². The molecule has 1 amide bonds. The van der Waals surface area contributed by atoms with Crippen LogP contribution in [0.1, 0.15) is 21.7 Å². The van der Waals surface area contributed by atoms with Gasteiger partial charge in [0, 0.05) is 17.3 Å². The van der Waals surface area contributed by atoms with Crippen LogP contribution in [0.2, 0.25) is 0 Å². The maximum atomic E-state index is 12.4. The SMILES string of the molecule is COc1ccc(OC)c(NC(=O)c2ncnc(C)c2C)c1. The van der Waals surface area contributed by atoms with E-state index in [1.54, 1.807) is 25.3 Å². The standard InChI is InChI=1S/C15H17N3O3/c1-9-10(2)16-8-17-14(9)15(19)18-12-7-11(20-3)5-6-13(12)21-4/h5-8H,1-4H3,(H,18,19). The molecule has 2 rings (SSSR count). The molecule has 21 heavy (non-hydrogen) atoms. The molecule has 0 saturated carbocycles. The molecule has 0 aliphatic rings. The van der Waals surface area contributed by atoms with Crippen molar-refractivity contribution in [1.82, 2.24) is 9.97 Å². The van der Waals surface area contributed by atoms with Gasteiger partial charge in [0.25, 0.3) is 5.91 Å². The second kappa shape index (κ2) is 6.21. The first kappa shape index (κ1) is 14.8. The number of nitrogens with zero attached hydrogens (tertiary/aromatic N) is 2. The van der Waals surface area contributed by atoms with Crippen LogP contribution in [0.15, 0.2) is 24.5 Å². The number of hydrogen-bond donors (Lipinski definition) is 1. The zero-order chi connectivity index (χ0) is 15.4. The summed E-state index contributed by atoms with van der Waals surface area (Å²) in [7, 11) is 3.10. The van der Waals surface area contributed by atoms with Crippen LogP contribution in [0.5, 0.6) is 11.5 Å². The van der Waals surface area contributed by atoms with Crippen molar-refractivity contribution in [1.29, 1.82) is 0 Å². The fourth-order valence-electron chi connectivity index (χ4n) is 1.86. The van der Waals surface area contributed by atoms with Crippen molar-refractivity contribution in [3.63, 3.8) is 0 Å². The predicted octanol–water partition coefficient (Wildman–Crippen LogP) is 2.36. The Morgan fingerprint density at radius 3 is 2.57 bits per heavy atom. The molecule has 2 aromatic rings. The highest BCUT2D eigenvalue weighted by atomic mass is 16.5. The molecule has 1 aromatic heterocycles. The Bertz CT molecular complexity index is 671. The van der Waals surface area contributed by atoms with E-state index in [0.29, 0.717) is 22.9 Å². The smallest absolute Gasteiger partial charge is 0.274 e. The summed E-state index contributed by atoms with van der Waals surface area (Å²) in [6, 6.07) is 5.18. The van der Waals surface area contributed by atoms with E-state index in [2.05, 4.69) is 15.3 Å². The number of rotatable bonds is 4. The van der Waals surface area contributed by atoms with E-state index >= 15 is 0 Å². The summed E-state index contributed by atoms with van der Waals surface area (Å²) in [5.74, 6) is 0.860. The second-order valence-corrected chi connectivity index (χ2v) is 4.45. The first-order valence-corrected chi connectivity index (χ1v) is 6.38. The van der Waals surface area contributed by atoms with Crippen molar-refractivity contribution in [3.8, 4) is 11.5 Å². The number of aryl methyl sites for hydroxylation is 1. The fourth-order valence-corrected chi connectivity index (χ4v) is 1.86. The van der Waals surface area contributed by atoms with Crippen LogP contribution in [-0.2, 0) is 0 Å². The number of aromatic nitrogens is 2. The van der Waals surface area contributed by atoms with Crippen LogP contribution >= 0.6 is 0 Å². The Balaban J connectivity index is 2.33. The minimum Gasteiger partial charge on any atom is -0.497 e. The second-order valence-electron chi connectivity index (χ2n) is 4.45. The van der Waals surface area contributed by atoms with Gasteiger partial charge in [-0.15, -0.1) is 0 Å². The molecule has 0 aliphatic carbocycles. The molecule has 0 saturated heterocycles. The third-order valence-corrected chi connectivity index (χ3v) is 3.21. The van der Waals surface area contributed by atoms with Gasteiger partial charge in [-0.25, -0.2) is 9.97 Å². The molecule has 0 radical (unpaired) electrons. The molecule has 0 bridgehead atoms. The minimum absolute atomic E-state index is 0.315. The highest BCUT2D eigenvalue weighted by molar-refractivity contribution is 6.04. The lowest BCUT2D eigenvalue weighted by Gasteiger charge is -2.12. The van der Waals surface area contributed by atoms with E-state index in [1.807, 2.05) is 13.8 Å². The van der Waals surface area contributed by atoms with Crippen LogP contribution in [0.4, 0.5) is 5.69 Å². The van der Waals surface area contributed by atoms with Gasteiger partial charge in [0.05, 0.1) is 19.9 Å². The van der Waals surface area contributed by atoms with Crippen molar-refractivity contribution < 1.29 is 14.3 Å². The summed E-state index contributed by atoms with van der Waals surface area (Å²) in [5.41, 5.74) is 2.38. The van der Waals surface area contributed by atoms with Crippen molar-refractivity contribution in [3.05, 3.63) is 41.5 Å². The number of amides is 1. The largest absolute Gasteiger partial charge is 0.497 e. The van der Waals surface area contributed by atoms with Crippen LogP contribution in [-0.4, -0.2) is 30.1 Å². The summed E-state index contributed by atoms with van der Waals surface area (Å²) in [6.07, 6.45) is 1.38. The number of nitrogens with one attached hydrogen (secondary N) is 1. The van der Waals surface area contributed by atoms with Gasteiger partial charge in [0.15, 0.2) is 0 Å². The summed E-state index contributed by atoms with van der Waals surface area (Å²) >= 11 is 0. The van der Waals surface area contributed by atoms with Crippen LogP contribution in [0.25, 0.3) is 0 Å². The zero-order valence-electron chi connectivity index (χ0n) is 12.4. The van der Waals surface area contributed by atoms with Crippen LogP contribution in [0.3, 0.4) is 0 Å². The lowest BCUT2D eigenvalue weighted by Crippen LogP contribution is -2.17. The molecule has 110 valence electrons. The molecule has 6 heteroatoms. The van der Waals surface area contributed by atoms with Gasteiger partial charge in [-0.3, -0.25) is 4.79 Å². The van der Waals surface area contributed by atoms with Gasteiger partial charge in [-0.1, -0.05) is 0 Å². The van der Waals surface area contributed by atoms with E-state index in [4.69, 9.17) is 9.47 Å². The molecule has 1 aromatic carbocycles. The molecule has 1 N–H and O–H groups in total. The molecule has 0 unspecified atom stereocenters. The molecule has 6 nitrogen and oxygen atoms in total. The number of benzene rings is 1. The molecular weight excluding hydrogens is 270 g/mol. The number of ether oxygens (including phenoxy) is 2. The first-order valence-electron chi connectivity index (χ1n) is 6.38. The molecule has 0 atom stereocenters. The molecule has 0 fully saturated rings. The lowest BCUT2D eigenvalue weighted by atomic mass is 10.1. The average Bonchev–Trinajstić information content (AvgIpc) is 2.49. The van der Waals surface area contributed by atoms with E-state index in [-0.39, 0.29) is 5.91 Å². The predicted molar refractivity (Wildman–Crippen MR) is 79.0 cm³/mol. The van der Waals surface area contributed by atoms with Gasteiger partial charge in [0.1, 0.15) is 23.5 Å². The van der Waals surface area contributed by atoms with Crippen molar-refractivity contribution in [2.75, 3.05) is 19.5 Å². The number of carbonyl (C=O) groups excluding carboxylic acids is 1. The molecule has 0 aliphatic heterocycles. The highest BCUT2D eigenvalue weighted by Crippen LogP contribution is 2.29. The zero-order valence-corrected chi connectivity index (χ0v) is 12.4. The third-order valence-electron chi connectivity index (χ3n) is 3.21.